The Balaban J connectivity index is 1.96. The van der Waals surface area contributed by atoms with Crippen LogP contribution in [0.3, 0.4) is 0 Å². The number of amides is 1. The number of hydrazine groups is 1. The highest BCUT2D eigenvalue weighted by molar-refractivity contribution is 5.99. The molecular weight excluding hydrogens is 244 g/mol. The molecule has 7 heteroatoms. The van der Waals surface area contributed by atoms with Gasteiger partial charge in [-0.25, -0.2) is 0 Å². The van der Waals surface area contributed by atoms with Crippen molar-refractivity contribution in [2.24, 2.45) is 5.84 Å². The number of carbonyl (C=O) groups excluding carboxylic acids is 1. The maximum absolute atomic E-state index is 12.0. The molecule has 0 bridgehead atoms. The van der Waals surface area contributed by atoms with Gasteiger partial charge in [-0.15, -0.1) is 5.10 Å². The summed E-state index contributed by atoms with van der Waals surface area (Å²) in [5.74, 6) is 5.24. The van der Waals surface area contributed by atoms with Crippen molar-refractivity contribution in [1.82, 2.24) is 20.3 Å². The second-order valence-corrected chi connectivity index (χ2v) is 4.12. The maximum atomic E-state index is 12.0. The van der Waals surface area contributed by atoms with Crippen molar-refractivity contribution >= 4 is 11.6 Å². The van der Waals surface area contributed by atoms with Gasteiger partial charge in [-0.3, -0.25) is 15.3 Å². The molecule has 100 valence electrons. The third-order valence-electron chi connectivity index (χ3n) is 2.67. The zero-order chi connectivity index (χ0) is 13.7. The van der Waals surface area contributed by atoms with E-state index in [0.29, 0.717) is 24.3 Å². The molecule has 0 unspecified atom stereocenters. The highest BCUT2D eigenvalue weighted by Crippen LogP contribution is 2.16. The van der Waals surface area contributed by atoms with Crippen molar-refractivity contribution in [1.29, 1.82) is 0 Å². The number of aryl methyl sites for hydroxylation is 1. The number of nitrogens with zero attached hydrogens (tertiary/aromatic N) is 3. The van der Waals surface area contributed by atoms with Gasteiger partial charge in [-0.05, 0) is 24.6 Å². The van der Waals surface area contributed by atoms with Gasteiger partial charge in [0.1, 0.15) is 0 Å². The van der Waals surface area contributed by atoms with E-state index in [1.54, 1.807) is 23.1 Å². The average Bonchev–Trinajstić information content (AvgIpc) is 2.91. The topological polar surface area (TPSA) is 97.9 Å². The molecule has 0 spiro atoms. The molecule has 1 amide bonds. The Morgan fingerprint density at radius 1 is 1.47 bits per heavy atom. The zero-order valence-electron chi connectivity index (χ0n) is 10.6. The number of carbonyl (C=O) groups is 1. The summed E-state index contributed by atoms with van der Waals surface area (Å²) >= 11 is 0. The first-order valence-electron chi connectivity index (χ1n) is 5.90. The number of hydrogen-bond donors (Lipinski definition) is 3. The van der Waals surface area contributed by atoms with Crippen molar-refractivity contribution in [2.75, 3.05) is 12.0 Å². The average molecular weight is 260 g/mol. The molecule has 0 aliphatic rings. The van der Waals surface area contributed by atoms with E-state index < -0.39 is 0 Å². The molecular formula is C12H16N6O. The van der Waals surface area contributed by atoms with E-state index in [1.165, 1.54) is 0 Å². The van der Waals surface area contributed by atoms with Crippen LogP contribution in [0, 0.1) is 6.92 Å². The van der Waals surface area contributed by atoms with Gasteiger partial charge in [-0.1, -0.05) is 11.3 Å². The molecule has 19 heavy (non-hydrogen) atoms. The number of benzene rings is 1. The van der Waals surface area contributed by atoms with Crippen molar-refractivity contribution in [3.05, 3.63) is 41.7 Å². The summed E-state index contributed by atoms with van der Waals surface area (Å²) in [7, 11) is 0. The third-order valence-corrected chi connectivity index (χ3v) is 2.67. The van der Waals surface area contributed by atoms with E-state index in [2.05, 4.69) is 21.1 Å². The minimum absolute atomic E-state index is 0.173. The van der Waals surface area contributed by atoms with Gasteiger partial charge in [0.25, 0.3) is 5.91 Å². The Kier molecular flexibility index (Phi) is 4.09. The lowest BCUT2D eigenvalue weighted by atomic mass is 10.1. The van der Waals surface area contributed by atoms with Gasteiger partial charge in [0.15, 0.2) is 0 Å². The number of rotatable bonds is 5. The van der Waals surface area contributed by atoms with Crippen LogP contribution in [0.1, 0.15) is 15.9 Å². The van der Waals surface area contributed by atoms with Gasteiger partial charge in [-0.2, -0.15) is 0 Å². The Labute approximate surface area is 110 Å². The fraction of sp³-hybridized carbons (Fsp3) is 0.250. The third kappa shape index (κ3) is 3.29. The number of nitrogens with two attached hydrogens (primary N) is 1. The molecule has 2 rings (SSSR count). The second kappa shape index (κ2) is 5.96. The van der Waals surface area contributed by atoms with Gasteiger partial charge >= 0.3 is 0 Å². The van der Waals surface area contributed by atoms with Crippen LogP contribution in [0.2, 0.25) is 0 Å². The van der Waals surface area contributed by atoms with Crippen molar-refractivity contribution in [3.8, 4) is 0 Å². The Morgan fingerprint density at radius 3 is 3.00 bits per heavy atom. The molecule has 0 saturated carbocycles. The van der Waals surface area contributed by atoms with E-state index in [0.717, 1.165) is 5.56 Å². The summed E-state index contributed by atoms with van der Waals surface area (Å²) in [5.41, 5.74) is 4.70. The van der Waals surface area contributed by atoms with Crippen LogP contribution in [-0.2, 0) is 6.54 Å². The Morgan fingerprint density at radius 2 is 2.32 bits per heavy atom. The van der Waals surface area contributed by atoms with Crippen molar-refractivity contribution < 1.29 is 4.79 Å². The highest BCUT2D eigenvalue weighted by atomic mass is 16.1. The predicted octanol–water partition coefficient (Wildman–Crippen LogP) is 0.302. The summed E-state index contributed by atoms with van der Waals surface area (Å²) in [6.45, 7) is 2.98. The van der Waals surface area contributed by atoms with Crippen molar-refractivity contribution in [3.63, 3.8) is 0 Å². The normalized spacial score (nSPS) is 10.2. The molecule has 4 N–H and O–H groups in total. The first-order valence-corrected chi connectivity index (χ1v) is 5.90. The number of anilines is 1. The molecule has 1 aromatic carbocycles. The molecule has 2 aromatic rings. The molecule has 0 atom stereocenters. The number of aromatic nitrogens is 3. The first kappa shape index (κ1) is 13.0. The molecule has 0 aliphatic heterocycles. The zero-order valence-corrected chi connectivity index (χ0v) is 10.6. The lowest BCUT2D eigenvalue weighted by Crippen LogP contribution is -2.28. The minimum atomic E-state index is -0.173. The van der Waals surface area contributed by atoms with Crippen molar-refractivity contribution in [2.45, 2.75) is 13.5 Å². The lowest BCUT2D eigenvalue weighted by Gasteiger charge is -2.10. The molecule has 0 fully saturated rings. The van der Waals surface area contributed by atoms with Gasteiger partial charge in [0.2, 0.25) is 0 Å². The van der Waals surface area contributed by atoms with E-state index >= 15 is 0 Å². The van der Waals surface area contributed by atoms with Crippen LogP contribution < -0.4 is 16.6 Å². The standard InChI is InChI=1S/C12H16N6O/c1-9-2-3-10(11(8-9)16-13)12(19)14-4-6-18-7-5-15-17-18/h2-3,5,7-8,16H,4,6,13H2,1H3,(H,14,19). The summed E-state index contributed by atoms with van der Waals surface area (Å²) in [6.07, 6.45) is 3.34. The smallest absolute Gasteiger partial charge is 0.253 e. The SMILES string of the molecule is Cc1ccc(C(=O)NCCn2ccnn2)c(NN)c1. The monoisotopic (exact) mass is 260 g/mol. The number of hydrogen-bond acceptors (Lipinski definition) is 5. The lowest BCUT2D eigenvalue weighted by molar-refractivity contribution is 0.0952. The van der Waals surface area contributed by atoms with E-state index in [1.807, 2.05) is 19.1 Å². The summed E-state index contributed by atoms with van der Waals surface area (Å²) in [6, 6.07) is 5.44. The van der Waals surface area contributed by atoms with E-state index in [-0.39, 0.29) is 5.91 Å². The summed E-state index contributed by atoms with van der Waals surface area (Å²) < 4.78 is 1.65. The molecule has 0 radical (unpaired) electrons. The van der Waals surface area contributed by atoms with Crippen LogP contribution in [-0.4, -0.2) is 27.4 Å². The van der Waals surface area contributed by atoms with Gasteiger partial charge < -0.3 is 10.7 Å². The Bertz CT molecular complexity index is 551. The van der Waals surface area contributed by atoms with Crippen LogP contribution in [0.5, 0.6) is 0 Å². The summed E-state index contributed by atoms with van der Waals surface area (Å²) in [5, 5.41) is 10.3. The van der Waals surface area contributed by atoms with Gasteiger partial charge in [0.05, 0.1) is 24.0 Å². The van der Waals surface area contributed by atoms with Crippen LogP contribution >= 0.6 is 0 Å². The minimum Gasteiger partial charge on any atom is -0.350 e. The quantitative estimate of drug-likeness (QED) is 0.530. The predicted molar refractivity (Wildman–Crippen MR) is 71.3 cm³/mol. The molecule has 0 saturated heterocycles. The molecule has 1 aromatic heterocycles. The maximum Gasteiger partial charge on any atom is 0.253 e. The molecule has 0 aliphatic carbocycles. The van der Waals surface area contributed by atoms with Crippen LogP contribution in [0.25, 0.3) is 0 Å². The fourth-order valence-corrected chi connectivity index (χ4v) is 1.71. The second-order valence-electron chi connectivity index (χ2n) is 4.12. The van der Waals surface area contributed by atoms with Crippen LogP contribution in [0.4, 0.5) is 5.69 Å². The Hall–Kier alpha value is -2.41. The van der Waals surface area contributed by atoms with Gasteiger partial charge in [0, 0.05) is 12.7 Å². The first-order chi connectivity index (χ1) is 9.20. The molecule has 1 heterocycles. The fourth-order valence-electron chi connectivity index (χ4n) is 1.71. The molecule has 7 nitrogen and oxygen atoms in total. The number of nitrogens with one attached hydrogen (secondary N) is 2. The van der Waals surface area contributed by atoms with Crippen LogP contribution in [0.15, 0.2) is 30.6 Å². The highest BCUT2D eigenvalue weighted by Gasteiger charge is 2.10. The number of nitrogen functional groups attached to an aromatic ring is 1. The van der Waals surface area contributed by atoms with E-state index in [4.69, 9.17) is 5.84 Å². The summed E-state index contributed by atoms with van der Waals surface area (Å²) in [4.78, 5) is 12.0. The van der Waals surface area contributed by atoms with E-state index in [9.17, 15) is 4.79 Å². The largest absolute Gasteiger partial charge is 0.350 e.